The minimum atomic E-state index is -0.00702. The van der Waals surface area contributed by atoms with Crippen LogP contribution in [0.25, 0.3) is 0 Å². The molecule has 1 aromatic rings. The maximum atomic E-state index is 4.82. The summed E-state index contributed by atoms with van der Waals surface area (Å²) in [5.74, 6) is 0.761. The Morgan fingerprint density at radius 2 is 2.00 bits per heavy atom. The molecule has 0 aliphatic rings. The number of nitrogens with zero attached hydrogens (tertiary/aromatic N) is 2. The fraction of sp³-hybridized carbons (Fsp3) is 0.667. The Kier molecular flexibility index (Phi) is 1.98. The van der Waals surface area contributed by atoms with Crippen molar-refractivity contribution in [2.75, 3.05) is 0 Å². The lowest BCUT2D eigenvalue weighted by Gasteiger charge is -2.10. The highest BCUT2D eigenvalue weighted by Crippen LogP contribution is 2.18. The van der Waals surface area contributed by atoms with E-state index in [0.717, 1.165) is 5.82 Å². The van der Waals surface area contributed by atoms with Crippen LogP contribution in [0.5, 0.6) is 0 Å². The highest BCUT2D eigenvalue weighted by molar-refractivity contribution is 14.1. The monoisotopic (exact) mass is 252 g/mol. The molecule has 3 nitrogen and oxygen atoms in total. The van der Waals surface area contributed by atoms with Gasteiger partial charge in [-0.15, -0.1) is 0 Å². The fourth-order valence-corrected chi connectivity index (χ4v) is 0.837. The van der Waals surface area contributed by atoms with E-state index in [2.05, 4.69) is 10.1 Å². The molecule has 0 spiro atoms. The summed E-state index contributed by atoms with van der Waals surface area (Å²) >= 11 is 2.00. The Hall–Kier alpha value is -0.130. The third-order valence-electron chi connectivity index (χ3n) is 1.07. The van der Waals surface area contributed by atoms with Crippen LogP contribution in [0.4, 0.5) is 0 Å². The molecule has 0 amide bonds. The molecule has 0 radical (unpaired) electrons. The number of aromatic nitrogens is 2. The van der Waals surface area contributed by atoms with Crippen molar-refractivity contribution >= 4 is 22.6 Å². The van der Waals surface area contributed by atoms with Gasteiger partial charge in [-0.1, -0.05) is 25.9 Å². The number of halogens is 1. The van der Waals surface area contributed by atoms with Crippen LogP contribution in [0.15, 0.2) is 4.52 Å². The van der Waals surface area contributed by atoms with E-state index in [1.54, 1.807) is 0 Å². The van der Waals surface area contributed by atoms with Gasteiger partial charge in [0.1, 0.15) is 0 Å². The molecule has 4 heteroatoms. The lowest BCUT2D eigenvalue weighted by atomic mass is 9.96. The topological polar surface area (TPSA) is 38.9 Å². The zero-order valence-corrected chi connectivity index (χ0v) is 8.34. The van der Waals surface area contributed by atoms with E-state index in [1.165, 1.54) is 0 Å². The van der Waals surface area contributed by atoms with Crippen molar-refractivity contribution in [3.8, 4) is 0 Å². The summed E-state index contributed by atoms with van der Waals surface area (Å²) in [6.07, 6.45) is 0. The largest absolute Gasteiger partial charge is 0.328 e. The normalized spacial score (nSPS) is 12.0. The van der Waals surface area contributed by atoms with Crippen LogP contribution in [0.3, 0.4) is 0 Å². The lowest BCUT2D eigenvalue weighted by Crippen LogP contribution is -2.13. The summed E-state index contributed by atoms with van der Waals surface area (Å²) < 4.78 is 5.42. The van der Waals surface area contributed by atoms with Gasteiger partial charge in [-0.2, -0.15) is 4.98 Å². The minimum absolute atomic E-state index is 0.00702. The van der Waals surface area contributed by atoms with Crippen molar-refractivity contribution in [2.45, 2.75) is 26.2 Å². The number of hydrogen-bond donors (Lipinski definition) is 0. The second kappa shape index (κ2) is 2.48. The maximum absolute atomic E-state index is 4.82. The van der Waals surface area contributed by atoms with Gasteiger partial charge in [0.25, 0.3) is 3.90 Å². The van der Waals surface area contributed by atoms with Crippen molar-refractivity contribution in [3.63, 3.8) is 0 Å². The van der Waals surface area contributed by atoms with Gasteiger partial charge < -0.3 is 4.52 Å². The first-order valence-corrected chi connectivity index (χ1v) is 4.08. The zero-order chi connectivity index (χ0) is 7.78. The smallest absolute Gasteiger partial charge is 0.287 e. The van der Waals surface area contributed by atoms with E-state index < -0.39 is 0 Å². The van der Waals surface area contributed by atoms with E-state index >= 15 is 0 Å². The minimum Gasteiger partial charge on any atom is -0.328 e. The molecule has 0 bridgehead atoms. The van der Waals surface area contributed by atoms with E-state index in [4.69, 9.17) is 4.52 Å². The first-order chi connectivity index (χ1) is 4.50. The van der Waals surface area contributed by atoms with Gasteiger partial charge in [0, 0.05) is 28.0 Å². The first-order valence-electron chi connectivity index (χ1n) is 3.00. The van der Waals surface area contributed by atoms with Gasteiger partial charge in [-0.25, -0.2) is 0 Å². The van der Waals surface area contributed by atoms with Crippen LogP contribution in [0.1, 0.15) is 26.6 Å². The van der Waals surface area contributed by atoms with Crippen molar-refractivity contribution in [2.24, 2.45) is 0 Å². The van der Waals surface area contributed by atoms with Gasteiger partial charge in [-0.05, 0) is 0 Å². The molecule has 0 N–H and O–H groups in total. The van der Waals surface area contributed by atoms with E-state index in [-0.39, 0.29) is 5.41 Å². The zero-order valence-electron chi connectivity index (χ0n) is 6.18. The van der Waals surface area contributed by atoms with Crippen LogP contribution in [0.2, 0.25) is 0 Å². The second-order valence-electron chi connectivity index (χ2n) is 3.12. The summed E-state index contributed by atoms with van der Waals surface area (Å²) in [6, 6.07) is 0. The van der Waals surface area contributed by atoms with Crippen LogP contribution in [0, 0.1) is 3.90 Å². The van der Waals surface area contributed by atoms with Crippen LogP contribution in [-0.4, -0.2) is 10.1 Å². The fourth-order valence-electron chi connectivity index (χ4n) is 0.510. The first kappa shape index (κ1) is 7.97. The molecule has 10 heavy (non-hydrogen) atoms. The molecule has 0 saturated carbocycles. The van der Waals surface area contributed by atoms with Gasteiger partial charge >= 0.3 is 0 Å². The van der Waals surface area contributed by atoms with Crippen molar-refractivity contribution in [3.05, 3.63) is 9.72 Å². The van der Waals surface area contributed by atoms with E-state index in [1.807, 2.05) is 43.4 Å². The van der Waals surface area contributed by atoms with E-state index in [0.29, 0.717) is 3.90 Å². The van der Waals surface area contributed by atoms with Gasteiger partial charge in [0.2, 0.25) is 0 Å². The Morgan fingerprint density at radius 1 is 1.40 bits per heavy atom. The quantitative estimate of drug-likeness (QED) is 0.662. The molecule has 0 unspecified atom stereocenters. The molecule has 0 atom stereocenters. The number of rotatable bonds is 0. The number of hydrogen-bond acceptors (Lipinski definition) is 3. The molecular formula is C6H9IN2O. The van der Waals surface area contributed by atoms with Gasteiger partial charge in [0.15, 0.2) is 5.82 Å². The standard InChI is InChI=1S/C6H9IN2O/c1-6(2,3)4-8-5(7)10-9-4/h1-3H3. The van der Waals surface area contributed by atoms with Crippen molar-refractivity contribution in [1.29, 1.82) is 0 Å². The van der Waals surface area contributed by atoms with Gasteiger partial charge in [-0.3, -0.25) is 0 Å². The van der Waals surface area contributed by atoms with Crippen LogP contribution < -0.4 is 0 Å². The summed E-state index contributed by atoms with van der Waals surface area (Å²) in [5, 5.41) is 3.79. The molecule has 0 saturated heterocycles. The van der Waals surface area contributed by atoms with Crippen molar-refractivity contribution in [1.82, 2.24) is 10.1 Å². The average Bonchev–Trinajstić information content (AvgIpc) is 2.11. The molecule has 0 aliphatic carbocycles. The summed E-state index contributed by atoms with van der Waals surface area (Å²) in [5.41, 5.74) is -0.00702. The Balaban J connectivity index is 2.96. The molecular weight excluding hydrogens is 243 g/mol. The summed E-state index contributed by atoms with van der Waals surface area (Å²) in [7, 11) is 0. The van der Waals surface area contributed by atoms with Gasteiger partial charge in [0.05, 0.1) is 0 Å². The molecule has 1 rings (SSSR count). The summed E-state index contributed by atoms with van der Waals surface area (Å²) in [4.78, 5) is 4.09. The molecule has 0 fully saturated rings. The summed E-state index contributed by atoms with van der Waals surface area (Å²) in [6.45, 7) is 6.15. The van der Waals surface area contributed by atoms with E-state index in [9.17, 15) is 0 Å². The predicted molar refractivity (Wildman–Crippen MR) is 45.7 cm³/mol. The van der Waals surface area contributed by atoms with Crippen LogP contribution in [-0.2, 0) is 5.41 Å². The Labute approximate surface area is 73.3 Å². The maximum Gasteiger partial charge on any atom is 0.287 e. The predicted octanol–water partition coefficient (Wildman–Crippen LogP) is 1.97. The van der Waals surface area contributed by atoms with Crippen LogP contribution >= 0.6 is 22.6 Å². The Bertz CT molecular complexity index is 226. The lowest BCUT2D eigenvalue weighted by molar-refractivity contribution is 0.374. The van der Waals surface area contributed by atoms with Crippen molar-refractivity contribution < 1.29 is 4.52 Å². The molecule has 56 valence electrons. The average molecular weight is 252 g/mol. The molecule has 1 heterocycles. The third-order valence-corrected chi connectivity index (χ3v) is 1.51. The highest BCUT2D eigenvalue weighted by Gasteiger charge is 2.19. The second-order valence-corrected chi connectivity index (χ2v) is 4.04. The molecule has 0 aromatic carbocycles. The molecule has 0 aliphatic heterocycles. The Morgan fingerprint density at radius 3 is 2.20 bits per heavy atom. The molecule has 1 aromatic heterocycles. The highest BCUT2D eigenvalue weighted by atomic mass is 127. The third kappa shape index (κ3) is 1.68. The SMILES string of the molecule is CC(C)(C)c1noc(I)n1.